The maximum atomic E-state index is 12.1. The quantitative estimate of drug-likeness (QED) is 0.519. The van der Waals surface area contributed by atoms with Crippen LogP contribution in [0.25, 0.3) is 0 Å². The van der Waals surface area contributed by atoms with Crippen LogP contribution in [0.4, 0.5) is 0 Å². The van der Waals surface area contributed by atoms with Crippen molar-refractivity contribution >= 4 is 13.8 Å². The number of carbonyl (C=O) groups excluding carboxylic acids is 1. The molecule has 110 valence electrons. The Morgan fingerprint density at radius 1 is 1.32 bits per heavy atom. The number of rotatable bonds is 8. The van der Waals surface area contributed by atoms with Gasteiger partial charge >= 0.3 is 5.97 Å². The first-order valence-corrected chi connectivity index (χ1v) is 7.09. The van der Waals surface area contributed by atoms with Crippen molar-refractivity contribution in [1.82, 2.24) is 0 Å². The molecule has 0 aromatic carbocycles. The Labute approximate surface area is 119 Å². The molecule has 0 amide bonds. The fourth-order valence-corrected chi connectivity index (χ4v) is 2.48. The molecule has 2 atom stereocenters. The van der Waals surface area contributed by atoms with Gasteiger partial charge in [-0.1, -0.05) is 26.7 Å². The first kappa shape index (κ1) is 18.5. The molecule has 0 spiro atoms. The predicted octanol–water partition coefficient (Wildman–Crippen LogP) is 1.77. The van der Waals surface area contributed by atoms with Crippen LogP contribution in [0.3, 0.4) is 0 Å². The summed E-state index contributed by atoms with van der Waals surface area (Å²) >= 11 is 0. The van der Waals surface area contributed by atoms with Gasteiger partial charge in [0.2, 0.25) is 0 Å². The molecule has 0 aromatic heterocycles. The van der Waals surface area contributed by atoms with Crippen LogP contribution in [0.1, 0.15) is 53.9 Å². The summed E-state index contributed by atoms with van der Waals surface area (Å²) in [5, 5.41) is 0. The molecule has 0 bridgehead atoms. The van der Waals surface area contributed by atoms with E-state index >= 15 is 0 Å². The van der Waals surface area contributed by atoms with E-state index in [1.54, 1.807) is 0 Å². The molecule has 0 fully saturated rings. The number of esters is 1. The van der Waals surface area contributed by atoms with E-state index in [4.69, 9.17) is 24.1 Å². The molecule has 2 radical (unpaired) electrons. The number of hydrogen-bond donors (Lipinski definition) is 2. The Kier molecular flexibility index (Phi) is 7.08. The van der Waals surface area contributed by atoms with Gasteiger partial charge < -0.3 is 16.2 Å². The Bertz CT molecular complexity index is 289. The van der Waals surface area contributed by atoms with E-state index in [0.717, 1.165) is 12.8 Å². The fraction of sp³-hybridized carbons (Fsp3) is 0.929. The first-order valence-electron chi connectivity index (χ1n) is 7.09. The van der Waals surface area contributed by atoms with Gasteiger partial charge in [0, 0.05) is 17.9 Å². The molecule has 2 unspecified atom stereocenters. The van der Waals surface area contributed by atoms with Crippen LogP contribution < -0.4 is 11.5 Å². The molecule has 0 aromatic rings. The minimum absolute atomic E-state index is 0.163. The van der Waals surface area contributed by atoms with Gasteiger partial charge in [-0.2, -0.15) is 0 Å². The topological polar surface area (TPSA) is 78.3 Å². The lowest BCUT2D eigenvalue weighted by molar-refractivity contribution is -0.150. The zero-order chi connectivity index (χ0) is 15.3. The minimum Gasteiger partial charge on any atom is -0.463 e. The second kappa shape index (κ2) is 7.29. The standard InChI is InChI=1S/C14H29BN2O2/c1-6-14(7-2,8-13(5,17)9-16)11(15)12(18)19-10(3)4/h10-11H,6-9,16-17H2,1-5H3. The SMILES string of the molecule is [B]C(C(=O)OC(C)C)C(CC)(CC)CC(C)(N)CN. The van der Waals surface area contributed by atoms with E-state index in [0.29, 0.717) is 13.0 Å². The average molecular weight is 268 g/mol. The predicted molar refractivity (Wildman–Crippen MR) is 80.0 cm³/mol. The molecule has 0 aliphatic carbocycles. The highest BCUT2D eigenvalue weighted by Crippen LogP contribution is 2.44. The van der Waals surface area contributed by atoms with E-state index < -0.39 is 11.4 Å². The molecule has 4 N–H and O–H groups in total. The van der Waals surface area contributed by atoms with Crippen molar-refractivity contribution in [2.45, 2.75) is 71.3 Å². The van der Waals surface area contributed by atoms with Crippen molar-refractivity contribution < 1.29 is 9.53 Å². The molecular formula is C14H29BN2O2. The molecule has 19 heavy (non-hydrogen) atoms. The summed E-state index contributed by atoms with van der Waals surface area (Å²) in [6.45, 7) is 9.94. The highest BCUT2D eigenvalue weighted by Gasteiger charge is 2.41. The summed E-state index contributed by atoms with van der Waals surface area (Å²) in [4.78, 5) is 12.1. The van der Waals surface area contributed by atoms with Gasteiger partial charge in [0.05, 0.1) is 14.0 Å². The third-order valence-corrected chi connectivity index (χ3v) is 3.90. The molecular weight excluding hydrogens is 239 g/mol. The van der Waals surface area contributed by atoms with Crippen LogP contribution in [0.15, 0.2) is 0 Å². The van der Waals surface area contributed by atoms with Gasteiger partial charge in [0.15, 0.2) is 0 Å². The normalized spacial score (nSPS) is 17.1. The summed E-state index contributed by atoms with van der Waals surface area (Å²) in [5.74, 6) is -1.02. The first-order chi connectivity index (χ1) is 8.64. The van der Waals surface area contributed by atoms with Crippen LogP contribution in [-0.2, 0) is 9.53 Å². The summed E-state index contributed by atoms with van der Waals surface area (Å²) < 4.78 is 5.23. The van der Waals surface area contributed by atoms with Gasteiger partial charge in [0.1, 0.15) is 0 Å². The lowest BCUT2D eigenvalue weighted by Crippen LogP contribution is -2.50. The highest BCUT2D eigenvalue weighted by atomic mass is 16.5. The van der Waals surface area contributed by atoms with Gasteiger partial charge in [-0.3, -0.25) is 4.79 Å². The van der Waals surface area contributed by atoms with Crippen molar-refractivity contribution in [2.24, 2.45) is 16.9 Å². The molecule has 0 heterocycles. The smallest absolute Gasteiger partial charge is 0.300 e. The molecule has 0 aliphatic rings. The number of hydrogen-bond acceptors (Lipinski definition) is 4. The Hall–Kier alpha value is -0.545. The summed E-state index contributed by atoms with van der Waals surface area (Å²) in [6.07, 6.45) is 1.98. The molecule has 5 heteroatoms. The van der Waals surface area contributed by atoms with E-state index in [1.807, 2.05) is 34.6 Å². The molecule has 4 nitrogen and oxygen atoms in total. The lowest BCUT2D eigenvalue weighted by atomic mass is 9.58. The summed E-state index contributed by atoms with van der Waals surface area (Å²) in [7, 11) is 6.16. The third-order valence-electron chi connectivity index (χ3n) is 3.90. The number of carbonyl (C=O) groups is 1. The van der Waals surface area contributed by atoms with Gasteiger partial charge in [-0.15, -0.1) is 0 Å². The van der Waals surface area contributed by atoms with Crippen molar-refractivity contribution in [3.63, 3.8) is 0 Å². The van der Waals surface area contributed by atoms with Crippen LogP contribution >= 0.6 is 0 Å². The summed E-state index contributed by atoms with van der Waals surface area (Å²) in [6, 6.07) is 0. The highest BCUT2D eigenvalue weighted by molar-refractivity contribution is 6.23. The molecule has 0 saturated carbocycles. The van der Waals surface area contributed by atoms with Crippen molar-refractivity contribution in [2.75, 3.05) is 6.54 Å². The maximum Gasteiger partial charge on any atom is 0.300 e. The number of ether oxygens (including phenoxy) is 1. The van der Waals surface area contributed by atoms with Gasteiger partial charge in [-0.25, -0.2) is 0 Å². The van der Waals surface area contributed by atoms with Gasteiger partial charge in [0.25, 0.3) is 0 Å². The molecule has 0 aliphatic heterocycles. The van der Waals surface area contributed by atoms with E-state index in [1.165, 1.54) is 0 Å². The monoisotopic (exact) mass is 268 g/mol. The van der Waals surface area contributed by atoms with Crippen molar-refractivity contribution in [1.29, 1.82) is 0 Å². The Morgan fingerprint density at radius 2 is 1.79 bits per heavy atom. The zero-order valence-electron chi connectivity index (χ0n) is 13.0. The van der Waals surface area contributed by atoms with Crippen LogP contribution in [-0.4, -0.2) is 32.0 Å². The van der Waals surface area contributed by atoms with Crippen LogP contribution in [0, 0.1) is 5.41 Å². The summed E-state index contributed by atoms with van der Waals surface area (Å²) in [5.41, 5.74) is 11.0. The Balaban J connectivity index is 5.11. The fourth-order valence-electron chi connectivity index (χ4n) is 2.48. The average Bonchev–Trinajstić information content (AvgIpc) is 2.34. The van der Waals surface area contributed by atoms with E-state index in [-0.39, 0.29) is 17.5 Å². The van der Waals surface area contributed by atoms with Crippen LogP contribution in [0.5, 0.6) is 0 Å². The maximum absolute atomic E-state index is 12.1. The molecule has 0 rings (SSSR count). The van der Waals surface area contributed by atoms with Crippen LogP contribution in [0.2, 0.25) is 5.82 Å². The zero-order valence-corrected chi connectivity index (χ0v) is 13.0. The second-order valence-electron chi connectivity index (χ2n) is 6.07. The number of nitrogens with two attached hydrogens (primary N) is 2. The van der Waals surface area contributed by atoms with E-state index in [2.05, 4.69) is 0 Å². The molecule has 0 saturated heterocycles. The van der Waals surface area contributed by atoms with Crippen molar-refractivity contribution in [3.8, 4) is 0 Å². The lowest BCUT2D eigenvalue weighted by Gasteiger charge is -2.42. The van der Waals surface area contributed by atoms with Gasteiger partial charge in [-0.05, 0) is 32.6 Å². The Morgan fingerprint density at radius 3 is 2.11 bits per heavy atom. The third kappa shape index (κ3) is 5.15. The largest absolute Gasteiger partial charge is 0.463 e. The van der Waals surface area contributed by atoms with E-state index in [9.17, 15) is 4.79 Å². The minimum atomic E-state index is -0.667. The van der Waals surface area contributed by atoms with Crippen molar-refractivity contribution in [3.05, 3.63) is 0 Å². The second-order valence-corrected chi connectivity index (χ2v) is 6.07.